The first-order valence-electron chi connectivity index (χ1n) is 8.68. The molecule has 0 rings (SSSR count). The molecule has 0 aliphatic rings. The van der Waals surface area contributed by atoms with E-state index >= 15 is 0 Å². The van der Waals surface area contributed by atoms with Gasteiger partial charge >= 0.3 is 10.4 Å². The maximum absolute atomic E-state index is 10.3. The van der Waals surface area contributed by atoms with Gasteiger partial charge in [0.15, 0.2) is 0 Å². The predicted octanol–water partition coefficient (Wildman–Crippen LogP) is 4.91. The van der Waals surface area contributed by atoms with Gasteiger partial charge in [-0.3, -0.25) is 4.55 Å². The zero-order chi connectivity index (χ0) is 15.8. The molecule has 0 aromatic heterocycles. The molecule has 1 radical (unpaired) electrons. The van der Waals surface area contributed by atoms with Gasteiger partial charge in [-0.1, -0.05) is 90.4 Å². The van der Waals surface area contributed by atoms with Crippen LogP contribution in [0.15, 0.2) is 0 Å². The zero-order valence-corrected chi connectivity index (χ0v) is 18.6. The Balaban J connectivity index is 0. The van der Waals surface area contributed by atoms with Gasteiger partial charge in [-0.2, -0.15) is 8.42 Å². The summed E-state index contributed by atoms with van der Waals surface area (Å²) in [6.07, 6.45) is 17.6. The molecule has 0 aliphatic carbocycles. The van der Waals surface area contributed by atoms with Crippen molar-refractivity contribution in [1.29, 1.82) is 0 Å². The standard InChI is InChI=1S/C16H34O4S.K/c1-2-3-4-5-6-7-8-9-10-11-12-13-14-15-16-20-21(17,18)19;/h2-16H2,1H3,(H,17,18,19);. The van der Waals surface area contributed by atoms with Crippen LogP contribution in [0.5, 0.6) is 0 Å². The third kappa shape index (κ3) is 23.8. The monoisotopic (exact) mass is 361 g/mol. The molecule has 4 nitrogen and oxygen atoms in total. The summed E-state index contributed by atoms with van der Waals surface area (Å²) in [6, 6.07) is 0. The Kier molecular flexibility index (Phi) is 22.0. The first kappa shape index (κ1) is 25.7. The van der Waals surface area contributed by atoms with Crippen LogP contribution in [0.2, 0.25) is 0 Å². The average Bonchev–Trinajstić information content (AvgIpc) is 2.42. The van der Waals surface area contributed by atoms with Gasteiger partial charge in [-0.15, -0.1) is 0 Å². The zero-order valence-electron chi connectivity index (χ0n) is 14.7. The summed E-state index contributed by atoms with van der Waals surface area (Å²) >= 11 is 0. The van der Waals surface area contributed by atoms with E-state index in [2.05, 4.69) is 11.1 Å². The topological polar surface area (TPSA) is 63.6 Å². The molecular formula is C16H34KO4S. The number of hydrogen-bond acceptors (Lipinski definition) is 3. The maximum Gasteiger partial charge on any atom is 0.397 e. The molecule has 22 heavy (non-hydrogen) atoms. The van der Waals surface area contributed by atoms with Crippen LogP contribution in [0.1, 0.15) is 96.8 Å². The van der Waals surface area contributed by atoms with Crippen molar-refractivity contribution in [2.75, 3.05) is 6.61 Å². The largest absolute Gasteiger partial charge is 0.397 e. The molecular weight excluding hydrogens is 327 g/mol. The summed E-state index contributed by atoms with van der Waals surface area (Å²) in [7, 11) is -4.24. The second-order valence-corrected chi connectivity index (χ2v) is 6.94. The fraction of sp³-hybridized carbons (Fsp3) is 1.00. The van der Waals surface area contributed by atoms with Crippen LogP contribution in [0.4, 0.5) is 0 Å². The minimum absolute atomic E-state index is 0. The van der Waals surface area contributed by atoms with Crippen LogP contribution < -0.4 is 0 Å². The summed E-state index contributed by atoms with van der Waals surface area (Å²) < 4.78 is 33.2. The van der Waals surface area contributed by atoms with Crippen molar-refractivity contribution < 1.29 is 17.2 Å². The molecule has 0 unspecified atom stereocenters. The van der Waals surface area contributed by atoms with Gasteiger partial charge in [0.05, 0.1) is 6.61 Å². The molecule has 0 amide bonds. The van der Waals surface area contributed by atoms with Crippen LogP contribution >= 0.6 is 0 Å². The Morgan fingerprint density at radius 1 is 0.682 bits per heavy atom. The normalized spacial score (nSPS) is 11.4. The molecule has 0 fully saturated rings. The first-order chi connectivity index (χ1) is 10.1. The van der Waals surface area contributed by atoms with Gasteiger partial charge in [0, 0.05) is 51.4 Å². The molecule has 0 saturated carbocycles. The van der Waals surface area contributed by atoms with Gasteiger partial charge in [0.2, 0.25) is 0 Å². The van der Waals surface area contributed by atoms with E-state index < -0.39 is 10.4 Å². The van der Waals surface area contributed by atoms with E-state index in [1.165, 1.54) is 70.6 Å². The molecule has 129 valence electrons. The molecule has 0 aromatic carbocycles. The van der Waals surface area contributed by atoms with E-state index in [0.29, 0.717) is 6.42 Å². The minimum atomic E-state index is -4.24. The van der Waals surface area contributed by atoms with Crippen LogP contribution in [0.25, 0.3) is 0 Å². The third-order valence-electron chi connectivity index (χ3n) is 3.73. The fourth-order valence-electron chi connectivity index (χ4n) is 2.46. The van der Waals surface area contributed by atoms with E-state index in [1.54, 1.807) is 0 Å². The summed E-state index contributed by atoms with van der Waals surface area (Å²) in [5.41, 5.74) is 0. The van der Waals surface area contributed by atoms with Gasteiger partial charge in [0.1, 0.15) is 0 Å². The third-order valence-corrected chi connectivity index (χ3v) is 4.19. The molecule has 1 N–H and O–H groups in total. The summed E-state index contributed by atoms with van der Waals surface area (Å²) in [5, 5.41) is 0. The second-order valence-electron chi connectivity index (χ2n) is 5.85. The quantitative estimate of drug-likeness (QED) is 0.241. The van der Waals surface area contributed by atoms with E-state index in [4.69, 9.17) is 4.55 Å². The molecule has 0 heterocycles. The number of unbranched alkanes of at least 4 members (excludes halogenated alkanes) is 13. The van der Waals surface area contributed by atoms with Crippen molar-refractivity contribution in [2.45, 2.75) is 96.8 Å². The van der Waals surface area contributed by atoms with Gasteiger partial charge in [0.25, 0.3) is 0 Å². The molecule has 0 bridgehead atoms. The molecule has 6 heteroatoms. The average molecular weight is 362 g/mol. The predicted molar refractivity (Wildman–Crippen MR) is 93.6 cm³/mol. The Bertz CT molecular complexity index is 307. The SMILES string of the molecule is CCCCCCCCCCCCCCCCOS(=O)(=O)O.[K]. The smallest absolute Gasteiger partial charge is 0.264 e. The van der Waals surface area contributed by atoms with Gasteiger partial charge < -0.3 is 0 Å². The van der Waals surface area contributed by atoms with Crippen molar-refractivity contribution in [1.82, 2.24) is 0 Å². The summed E-state index contributed by atoms with van der Waals surface area (Å²) in [5.74, 6) is 0. The molecule has 0 spiro atoms. The van der Waals surface area contributed by atoms with Crippen LogP contribution in [0.3, 0.4) is 0 Å². The van der Waals surface area contributed by atoms with E-state index in [1.807, 2.05) is 0 Å². The Hall–Kier alpha value is 1.51. The van der Waals surface area contributed by atoms with Crippen molar-refractivity contribution >= 4 is 61.8 Å². The van der Waals surface area contributed by atoms with E-state index in [9.17, 15) is 8.42 Å². The summed E-state index contributed by atoms with van der Waals surface area (Å²) in [4.78, 5) is 0. The fourth-order valence-corrected chi connectivity index (χ4v) is 2.79. The van der Waals surface area contributed by atoms with Crippen molar-refractivity contribution in [2.24, 2.45) is 0 Å². The van der Waals surface area contributed by atoms with E-state index in [-0.39, 0.29) is 58.0 Å². The van der Waals surface area contributed by atoms with E-state index in [0.717, 1.165) is 12.8 Å². The van der Waals surface area contributed by atoms with Crippen molar-refractivity contribution in [3.05, 3.63) is 0 Å². The van der Waals surface area contributed by atoms with Gasteiger partial charge in [-0.25, -0.2) is 4.18 Å². The van der Waals surface area contributed by atoms with Crippen molar-refractivity contribution in [3.8, 4) is 0 Å². The first-order valence-corrected chi connectivity index (χ1v) is 10.0. The van der Waals surface area contributed by atoms with Crippen LogP contribution in [0, 0.1) is 0 Å². The van der Waals surface area contributed by atoms with Crippen LogP contribution in [-0.4, -0.2) is 71.0 Å². The Morgan fingerprint density at radius 2 is 1.00 bits per heavy atom. The maximum atomic E-state index is 10.3. The Morgan fingerprint density at radius 3 is 1.32 bits per heavy atom. The Labute approximate surface area is 180 Å². The molecule has 0 aliphatic heterocycles. The van der Waals surface area contributed by atoms with Gasteiger partial charge in [-0.05, 0) is 6.42 Å². The number of hydrogen-bond donors (Lipinski definition) is 1. The second kappa shape index (κ2) is 18.8. The van der Waals surface area contributed by atoms with Crippen molar-refractivity contribution in [3.63, 3.8) is 0 Å². The summed E-state index contributed by atoms with van der Waals surface area (Å²) in [6.45, 7) is 2.35. The number of rotatable bonds is 16. The molecule has 0 aromatic rings. The molecule has 0 atom stereocenters. The molecule has 0 saturated heterocycles. The minimum Gasteiger partial charge on any atom is -0.264 e. The van der Waals surface area contributed by atoms with Crippen LogP contribution in [-0.2, 0) is 14.6 Å².